The average molecular weight is 191 g/mol. The predicted octanol–water partition coefficient (Wildman–Crippen LogP) is 2.70. The Morgan fingerprint density at radius 1 is 1.14 bits per heavy atom. The molecule has 1 nitrogen and oxygen atoms in total. The highest BCUT2D eigenvalue weighted by Crippen LogP contribution is 2.15. The van der Waals surface area contributed by atoms with E-state index in [4.69, 9.17) is 5.73 Å². The van der Waals surface area contributed by atoms with Gasteiger partial charge in [-0.05, 0) is 42.9 Å². The quantitative estimate of drug-likeness (QED) is 0.778. The van der Waals surface area contributed by atoms with Gasteiger partial charge in [0.2, 0.25) is 0 Å². The number of hydrogen-bond donors (Lipinski definition) is 1. The lowest BCUT2D eigenvalue weighted by molar-refractivity contribution is 0.731. The summed E-state index contributed by atoms with van der Waals surface area (Å²) in [6.45, 7) is 6.46. The van der Waals surface area contributed by atoms with Crippen molar-refractivity contribution in [1.82, 2.24) is 0 Å². The van der Waals surface area contributed by atoms with Crippen LogP contribution < -0.4 is 5.73 Å². The third kappa shape index (κ3) is 2.85. The first-order chi connectivity index (χ1) is 6.67. The maximum Gasteiger partial charge on any atom is 0.00510 e. The predicted molar refractivity (Wildman–Crippen MR) is 62.6 cm³/mol. The summed E-state index contributed by atoms with van der Waals surface area (Å²) in [7, 11) is 0. The molecular weight excluding hydrogens is 170 g/mol. The molecule has 1 rings (SSSR count). The van der Waals surface area contributed by atoms with Gasteiger partial charge in [-0.3, -0.25) is 0 Å². The first-order valence-electron chi connectivity index (χ1n) is 5.53. The van der Waals surface area contributed by atoms with E-state index in [9.17, 15) is 0 Å². The summed E-state index contributed by atoms with van der Waals surface area (Å²) >= 11 is 0. The van der Waals surface area contributed by atoms with Crippen molar-refractivity contribution in [3.63, 3.8) is 0 Å². The van der Waals surface area contributed by atoms with Gasteiger partial charge >= 0.3 is 0 Å². The fourth-order valence-electron chi connectivity index (χ4n) is 1.78. The Morgan fingerprint density at radius 3 is 2.36 bits per heavy atom. The van der Waals surface area contributed by atoms with Crippen LogP contribution >= 0.6 is 0 Å². The third-order valence-electron chi connectivity index (χ3n) is 2.60. The molecule has 0 aliphatic heterocycles. The molecule has 0 aromatic heterocycles. The van der Waals surface area contributed by atoms with Crippen LogP contribution in [0.25, 0.3) is 0 Å². The van der Waals surface area contributed by atoms with Crippen molar-refractivity contribution < 1.29 is 0 Å². The first kappa shape index (κ1) is 11.3. The molecule has 0 heterocycles. The van der Waals surface area contributed by atoms with E-state index in [1.54, 1.807) is 0 Å². The summed E-state index contributed by atoms with van der Waals surface area (Å²) in [4.78, 5) is 0. The lowest BCUT2D eigenvalue weighted by Crippen LogP contribution is -2.18. The second-order valence-corrected chi connectivity index (χ2v) is 3.99. The van der Waals surface area contributed by atoms with Gasteiger partial charge in [0.15, 0.2) is 0 Å². The molecule has 0 aliphatic rings. The van der Waals surface area contributed by atoms with E-state index in [2.05, 4.69) is 39.0 Å². The molecule has 1 aromatic carbocycles. The molecule has 2 N–H and O–H groups in total. The highest BCUT2D eigenvalue weighted by molar-refractivity contribution is 5.32. The fourth-order valence-corrected chi connectivity index (χ4v) is 1.78. The Balaban J connectivity index is 2.96. The van der Waals surface area contributed by atoms with Crippen molar-refractivity contribution in [2.75, 3.05) is 0 Å². The number of rotatable bonds is 4. The average Bonchev–Trinajstić information content (AvgIpc) is 2.16. The number of aryl methyl sites for hydroxylation is 2. The van der Waals surface area contributed by atoms with Crippen molar-refractivity contribution in [2.24, 2.45) is 5.73 Å². The second kappa shape index (κ2) is 5.16. The normalized spacial score (nSPS) is 12.9. The first-order valence-corrected chi connectivity index (χ1v) is 5.53. The van der Waals surface area contributed by atoms with Crippen molar-refractivity contribution in [3.8, 4) is 0 Å². The van der Waals surface area contributed by atoms with E-state index in [0.29, 0.717) is 0 Å². The zero-order valence-corrected chi connectivity index (χ0v) is 9.51. The Kier molecular flexibility index (Phi) is 4.15. The Bertz CT molecular complexity index is 289. The Hall–Kier alpha value is -0.820. The molecule has 0 fully saturated rings. The highest BCUT2D eigenvalue weighted by Gasteiger charge is 2.04. The van der Waals surface area contributed by atoms with E-state index < -0.39 is 0 Å². The zero-order valence-electron chi connectivity index (χ0n) is 9.51. The smallest absolute Gasteiger partial charge is 0.00510 e. The molecule has 0 saturated carbocycles. The topological polar surface area (TPSA) is 26.0 Å². The van der Waals surface area contributed by atoms with Crippen molar-refractivity contribution in [3.05, 3.63) is 34.9 Å². The standard InChI is InChI=1S/C13H21N/c1-4-11-6-7-12(5-2)13(9-11)8-10(3)14/h6-7,9-10H,4-5,8,14H2,1-3H3/t10-/m1/s1. The van der Waals surface area contributed by atoms with E-state index in [-0.39, 0.29) is 6.04 Å². The maximum absolute atomic E-state index is 5.84. The van der Waals surface area contributed by atoms with Gasteiger partial charge in [-0.1, -0.05) is 32.0 Å². The monoisotopic (exact) mass is 191 g/mol. The SMILES string of the molecule is CCc1ccc(CC)c(C[C@@H](C)N)c1. The fraction of sp³-hybridized carbons (Fsp3) is 0.538. The summed E-state index contributed by atoms with van der Waals surface area (Å²) in [5, 5.41) is 0. The lowest BCUT2D eigenvalue weighted by atomic mass is 9.96. The summed E-state index contributed by atoms with van der Waals surface area (Å²) in [6, 6.07) is 7.04. The van der Waals surface area contributed by atoms with Crippen LogP contribution in [0, 0.1) is 0 Å². The van der Waals surface area contributed by atoms with Crippen LogP contribution in [-0.2, 0) is 19.3 Å². The minimum Gasteiger partial charge on any atom is -0.328 e. The van der Waals surface area contributed by atoms with Crippen LogP contribution in [0.15, 0.2) is 18.2 Å². The molecule has 78 valence electrons. The summed E-state index contributed by atoms with van der Waals surface area (Å²) in [6.07, 6.45) is 3.21. The summed E-state index contributed by atoms with van der Waals surface area (Å²) < 4.78 is 0. The molecule has 0 spiro atoms. The summed E-state index contributed by atoms with van der Waals surface area (Å²) in [5.74, 6) is 0. The third-order valence-corrected chi connectivity index (χ3v) is 2.60. The molecule has 0 amide bonds. The van der Waals surface area contributed by atoms with E-state index in [1.165, 1.54) is 16.7 Å². The minimum absolute atomic E-state index is 0.257. The zero-order chi connectivity index (χ0) is 10.6. The van der Waals surface area contributed by atoms with Gasteiger partial charge in [-0.25, -0.2) is 0 Å². The van der Waals surface area contributed by atoms with Crippen LogP contribution in [0.2, 0.25) is 0 Å². The van der Waals surface area contributed by atoms with Crippen LogP contribution in [-0.4, -0.2) is 6.04 Å². The largest absolute Gasteiger partial charge is 0.328 e. The van der Waals surface area contributed by atoms with E-state index in [0.717, 1.165) is 19.3 Å². The number of benzene rings is 1. The second-order valence-electron chi connectivity index (χ2n) is 3.99. The van der Waals surface area contributed by atoms with Crippen LogP contribution in [0.1, 0.15) is 37.5 Å². The lowest BCUT2D eigenvalue weighted by Gasteiger charge is -2.12. The van der Waals surface area contributed by atoms with Crippen LogP contribution in [0.3, 0.4) is 0 Å². The molecule has 1 aromatic rings. The Labute approximate surface area is 87.3 Å². The highest BCUT2D eigenvalue weighted by atomic mass is 14.6. The van der Waals surface area contributed by atoms with Gasteiger partial charge in [0.25, 0.3) is 0 Å². The molecule has 0 unspecified atom stereocenters. The van der Waals surface area contributed by atoms with E-state index in [1.807, 2.05) is 0 Å². The van der Waals surface area contributed by atoms with Gasteiger partial charge < -0.3 is 5.73 Å². The van der Waals surface area contributed by atoms with Gasteiger partial charge in [0.05, 0.1) is 0 Å². The Morgan fingerprint density at radius 2 is 1.86 bits per heavy atom. The van der Waals surface area contributed by atoms with Gasteiger partial charge in [-0.2, -0.15) is 0 Å². The molecular formula is C13H21N. The maximum atomic E-state index is 5.84. The van der Waals surface area contributed by atoms with Gasteiger partial charge in [0, 0.05) is 6.04 Å². The molecule has 0 aliphatic carbocycles. The molecule has 0 radical (unpaired) electrons. The van der Waals surface area contributed by atoms with Gasteiger partial charge in [-0.15, -0.1) is 0 Å². The van der Waals surface area contributed by atoms with Crippen LogP contribution in [0.4, 0.5) is 0 Å². The minimum atomic E-state index is 0.257. The van der Waals surface area contributed by atoms with Crippen LogP contribution in [0.5, 0.6) is 0 Å². The van der Waals surface area contributed by atoms with Crippen molar-refractivity contribution >= 4 is 0 Å². The van der Waals surface area contributed by atoms with E-state index >= 15 is 0 Å². The molecule has 0 saturated heterocycles. The van der Waals surface area contributed by atoms with Crippen molar-refractivity contribution in [1.29, 1.82) is 0 Å². The molecule has 1 atom stereocenters. The number of nitrogens with two attached hydrogens (primary N) is 1. The molecule has 14 heavy (non-hydrogen) atoms. The van der Waals surface area contributed by atoms with Gasteiger partial charge in [0.1, 0.15) is 0 Å². The summed E-state index contributed by atoms with van der Waals surface area (Å²) in [5.41, 5.74) is 10.1. The van der Waals surface area contributed by atoms with Crippen molar-refractivity contribution in [2.45, 2.75) is 46.1 Å². The molecule has 1 heteroatoms. The number of hydrogen-bond acceptors (Lipinski definition) is 1. The molecule has 0 bridgehead atoms.